The highest BCUT2D eigenvalue weighted by atomic mass is 32.1. The van der Waals surface area contributed by atoms with E-state index in [1.807, 2.05) is 12.1 Å². The number of anilines is 1. The number of nitrogens with one attached hydrogen (secondary N) is 1. The van der Waals surface area contributed by atoms with E-state index in [0.717, 1.165) is 54.4 Å². The van der Waals surface area contributed by atoms with Crippen LogP contribution in [0.25, 0.3) is 10.2 Å². The molecule has 3 aromatic rings. The van der Waals surface area contributed by atoms with Crippen LogP contribution in [-0.4, -0.2) is 66.3 Å². The number of hydrogen-bond donors (Lipinski definition) is 1. The minimum Gasteiger partial charge on any atom is -0.497 e. The fourth-order valence-electron chi connectivity index (χ4n) is 3.91. The largest absolute Gasteiger partial charge is 0.497 e. The number of methoxy groups -OCH3 is 1. The molecule has 0 spiro atoms. The Kier molecular flexibility index (Phi) is 6.33. The van der Waals surface area contributed by atoms with Gasteiger partial charge in [-0.25, -0.2) is 4.79 Å². The van der Waals surface area contributed by atoms with Crippen molar-refractivity contribution in [1.29, 1.82) is 0 Å². The molecule has 1 fully saturated rings. The fourth-order valence-corrected chi connectivity index (χ4v) is 4.93. The zero-order valence-electron chi connectivity index (χ0n) is 18.5. The summed E-state index contributed by atoms with van der Waals surface area (Å²) < 4.78 is 7.68. The molecule has 1 aromatic carbocycles. The summed E-state index contributed by atoms with van der Waals surface area (Å²) in [6.45, 7) is 4.97. The zero-order valence-corrected chi connectivity index (χ0v) is 19.3. The second kappa shape index (κ2) is 9.17. The van der Waals surface area contributed by atoms with Crippen molar-refractivity contribution in [2.45, 2.75) is 0 Å². The highest BCUT2D eigenvalue weighted by Gasteiger charge is 2.19. The van der Waals surface area contributed by atoms with Gasteiger partial charge in [-0.05, 0) is 30.3 Å². The first-order chi connectivity index (χ1) is 15.4. The maximum Gasteiger partial charge on any atom is 0.331 e. The minimum absolute atomic E-state index is 0.224. The molecular weight excluding hydrogens is 430 g/mol. The van der Waals surface area contributed by atoms with Crippen LogP contribution in [-0.2, 0) is 14.1 Å². The third-order valence-electron chi connectivity index (χ3n) is 5.87. The number of thiophene rings is 1. The van der Waals surface area contributed by atoms with Crippen molar-refractivity contribution in [3.63, 3.8) is 0 Å². The molecule has 4 rings (SSSR count). The number of carbonyl (C=O) groups is 1. The number of aryl methyl sites for hydroxylation is 1. The molecule has 0 atom stereocenters. The number of benzene rings is 1. The number of hydrogen-bond acceptors (Lipinski definition) is 7. The van der Waals surface area contributed by atoms with E-state index in [2.05, 4.69) is 27.2 Å². The molecule has 0 saturated carbocycles. The number of aromatic nitrogens is 2. The van der Waals surface area contributed by atoms with Gasteiger partial charge in [0.1, 0.15) is 10.6 Å². The first-order valence-corrected chi connectivity index (χ1v) is 11.3. The van der Waals surface area contributed by atoms with Gasteiger partial charge in [0.2, 0.25) is 0 Å². The molecule has 0 radical (unpaired) electrons. The van der Waals surface area contributed by atoms with Gasteiger partial charge in [0.15, 0.2) is 0 Å². The number of rotatable bonds is 6. The SMILES string of the molecule is COc1ccc(N2CCN(CCNC(=O)c3cc4c(=O)n(C)c(=O)n(C)c4s3)CC2)cc1. The van der Waals surface area contributed by atoms with E-state index in [0.29, 0.717) is 21.6 Å². The van der Waals surface area contributed by atoms with Gasteiger partial charge in [0, 0.05) is 59.1 Å². The third-order valence-corrected chi connectivity index (χ3v) is 7.08. The van der Waals surface area contributed by atoms with Crippen LogP contribution in [0, 0.1) is 0 Å². The Bertz CT molecular complexity index is 1240. The summed E-state index contributed by atoms with van der Waals surface area (Å²) in [6.07, 6.45) is 0. The second-order valence-electron chi connectivity index (χ2n) is 7.82. The average molecular weight is 458 g/mol. The van der Waals surface area contributed by atoms with Crippen LogP contribution in [0.1, 0.15) is 9.67 Å². The van der Waals surface area contributed by atoms with Gasteiger partial charge in [-0.15, -0.1) is 11.3 Å². The Hall–Kier alpha value is -3.11. The molecule has 2 aromatic heterocycles. The van der Waals surface area contributed by atoms with Gasteiger partial charge in [-0.3, -0.25) is 23.6 Å². The Morgan fingerprint density at radius 3 is 2.41 bits per heavy atom. The lowest BCUT2D eigenvalue weighted by Crippen LogP contribution is -2.48. The van der Waals surface area contributed by atoms with Crippen LogP contribution < -0.4 is 26.2 Å². The molecule has 1 N–H and O–H groups in total. The second-order valence-corrected chi connectivity index (χ2v) is 8.85. The summed E-state index contributed by atoms with van der Waals surface area (Å²) >= 11 is 1.16. The quantitative estimate of drug-likeness (QED) is 0.591. The molecule has 0 bridgehead atoms. The number of carbonyl (C=O) groups excluding carboxylic acids is 1. The van der Waals surface area contributed by atoms with Gasteiger partial charge in [0.25, 0.3) is 11.5 Å². The number of ether oxygens (including phenoxy) is 1. The molecule has 1 amide bonds. The number of amides is 1. The van der Waals surface area contributed by atoms with Crippen LogP contribution in [0.2, 0.25) is 0 Å². The summed E-state index contributed by atoms with van der Waals surface area (Å²) in [5.74, 6) is 0.627. The molecule has 170 valence electrons. The summed E-state index contributed by atoms with van der Waals surface area (Å²) in [4.78, 5) is 42.6. The Labute approximate surface area is 189 Å². The van der Waals surface area contributed by atoms with E-state index >= 15 is 0 Å². The van der Waals surface area contributed by atoms with Crippen molar-refractivity contribution >= 4 is 33.1 Å². The molecule has 0 aliphatic carbocycles. The minimum atomic E-state index is -0.398. The number of fused-ring (bicyclic) bond motifs is 1. The van der Waals surface area contributed by atoms with Crippen molar-refractivity contribution < 1.29 is 9.53 Å². The van der Waals surface area contributed by atoms with Gasteiger partial charge in [-0.1, -0.05) is 0 Å². The third kappa shape index (κ3) is 4.28. The smallest absolute Gasteiger partial charge is 0.331 e. The lowest BCUT2D eigenvalue weighted by Gasteiger charge is -2.36. The molecule has 1 aliphatic rings. The average Bonchev–Trinajstić information content (AvgIpc) is 3.28. The molecule has 10 heteroatoms. The van der Waals surface area contributed by atoms with Crippen LogP contribution in [0.5, 0.6) is 5.75 Å². The molecule has 32 heavy (non-hydrogen) atoms. The maximum atomic E-state index is 12.6. The maximum absolute atomic E-state index is 12.6. The zero-order chi connectivity index (χ0) is 22.8. The molecular formula is C22H27N5O4S. The lowest BCUT2D eigenvalue weighted by molar-refractivity contribution is 0.0952. The van der Waals surface area contributed by atoms with Crippen LogP contribution in [0.4, 0.5) is 5.69 Å². The monoisotopic (exact) mass is 457 g/mol. The predicted octanol–water partition coefficient (Wildman–Crippen LogP) is 0.859. The van der Waals surface area contributed by atoms with Crippen molar-refractivity contribution in [2.75, 3.05) is 51.3 Å². The molecule has 1 saturated heterocycles. The van der Waals surface area contributed by atoms with Gasteiger partial charge in [0.05, 0.1) is 17.4 Å². The normalized spacial score (nSPS) is 14.7. The van der Waals surface area contributed by atoms with E-state index in [-0.39, 0.29) is 11.5 Å². The molecule has 3 heterocycles. The van der Waals surface area contributed by atoms with E-state index in [1.54, 1.807) is 20.2 Å². The van der Waals surface area contributed by atoms with Crippen molar-refractivity contribution in [1.82, 2.24) is 19.4 Å². The molecule has 1 aliphatic heterocycles. The van der Waals surface area contributed by atoms with E-state index < -0.39 is 5.69 Å². The lowest BCUT2D eigenvalue weighted by atomic mass is 10.2. The number of nitrogens with zero attached hydrogens (tertiary/aromatic N) is 4. The first kappa shape index (κ1) is 22.1. The Balaban J connectivity index is 1.30. The summed E-state index contributed by atoms with van der Waals surface area (Å²) in [5, 5.41) is 3.33. The topological polar surface area (TPSA) is 88.8 Å². The van der Waals surface area contributed by atoms with Crippen LogP contribution in [0.3, 0.4) is 0 Å². The van der Waals surface area contributed by atoms with Crippen LogP contribution in [0.15, 0.2) is 39.9 Å². The predicted molar refractivity (Wildman–Crippen MR) is 126 cm³/mol. The van der Waals surface area contributed by atoms with E-state index in [1.165, 1.54) is 17.3 Å². The van der Waals surface area contributed by atoms with E-state index in [4.69, 9.17) is 4.74 Å². The van der Waals surface area contributed by atoms with E-state index in [9.17, 15) is 14.4 Å². The van der Waals surface area contributed by atoms with Gasteiger partial charge in [-0.2, -0.15) is 0 Å². The summed E-state index contributed by atoms with van der Waals surface area (Å²) in [6, 6.07) is 9.66. The fraction of sp³-hybridized carbons (Fsp3) is 0.409. The number of piperazine rings is 1. The summed E-state index contributed by atoms with van der Waals surface area (Å²) in [5.41, 5.74) is 0.405. The van der Waals surface area contributed by atoms with Crippen LogP contribution >= 0.6 is 11.3 Å². The van der Waals surface area contributed by atoms with Gasteiger partial charge < -0.3 is 15.0 Å². The van der Waals surface area contributed by atoms with Crippen molar-refractivity contribution in [2.24, 2.45) is 14.1 Å². The standard InChI is InChI=1S/C22H27N5O4S/c1-24-20(29)17-14-18(32-21(17)25(2)22(24)30)19(28)23-8-9-26-10-12-27(13-11-26)15-4-6-16(31-3)7-5-15/h4-7,14H,8-13H2,1-3H3,(H,23,28). The van der Waals surface area contributed by atoms with Crippen molar-refractivity contribution in [3.8, 4) is 5.75 Å². The van der Waals surface area contributed by atoms with Crippen molar-refractivity contribution in [3.05, 3.63) is 56.0 Å². The Morgan fingerprint density at radius 1 is 1.06 bits per heavy atom. The first-order valence-electron chi connectivity index (χ1n) is 10.5. The molecule has 9 nitrogen and oxygen atoms in total. The summed E-state index contributed by atoms with van der Waals surface area (Å²) in [7, 11) is 4.71. The Morgan fingerprint density at radius 2 is 1.75 bits per heavy atom. The molecule has 0 unspecified atom stereocenters. The highest BCUT2D eigenvalue weighted by Crippen LogP contribution is 2.22. The van der Waals surface area contributed by atoms with Gasteiger partial charge >= 0.3 is 5.69 Å². The highest BCUT2D eigenvalue weighted by molar-refractivity contribution is 7.20.